The van der Waals surface area contributed by atoms with Crippen LogP contribution in [0, 0.1) is 0 Å². The third-order valence-electron chi connectivity index (χ3n) is 7.00. The van der Waals surface area contributed by atoms with Crippen LogP contribution in [0.5, 0.6) is 5.75 Å². The Bertz CT molecular complexity index is 1190. The molecule has 1 fully saturated rings. The first-order valence-corrected chi connectivity index (χ1v) is 13.0. The number of carbonyl (C=O) groups is 2. The molecule has 3 aromatic rings. The third kappa shape index (κ3) is 6.79. The van der Waals surface area contributed by atoms with Crippen molar-refractivity contribution in [3.8, 4) is 5.75 Å². The average molecular weight is 504 g/mol. The van der Waals surface area contributed by atoms with Crippen molar-refractivity contribution in [2.75, 3.05) is 13.7 Å². The molecule has 1 heterocycles. The van der Waals surface area contributed by atoms with Crippen LogP contribution in [0.2, 0.25) is 0 Å². The summed E-state index contributed by atoms with van der Waals surface area (Å²) in [6.45, 7) is 7.24. The normalized spacial score (nSPS) is 13.9. The molecular weight excluding hydrogens is 466 g/mol. The van der Waals surface area contributed by atoms with E-state index in [9.17, 15) is 9.59 Å². The summed E-state index contributed by atoms with van der Waals surface area (Å²) < 4.78 is 10.7. The van der Waals surface area contributed by atoms with Crippen molar-refractivity contribution >= 4 is 11.8 Å². The monoisotopic (exact) mass is 503 g/mol. The van der Waals surface area contributed by atoms with E-state index in [0.717, 1.165) is 37.0 Å². The second-order valence-electron chi connectivity index (χ2n) is 10.7. The van der Waals surface area contributed by atoms with Crippen molar-refractivity contribution in [3.05, 3.63) is 82.7 Å². The first-order chi connectivity index (χ1) is 17.7. The molecule has 1 aliphatic carbocycles. The maximum absolute atomic E-state index is 13.5. The summed E-state index contributed by atoms with van der Waals surface area (Å²) in [5.41, 5.74) is 3.20. The molecule has 196 valence electrons. The van der Waals surface area contributed by atoms with E-state index in [2.05, 4.69) is 31.2 Å². The molecule has 37 heavy (non-hydrogen) atoms. The Balaban J connectivity index is 1.39. The van der Waals surface area contributed by atoms with Crippen LogP contribution >= 0.6 is 0 Å². The Labute approximate surface area is 219 Å². The molecule has 7 nitrogen and oxygen atoms in total. The van der Waals surface area contributed by atoms with Crippen molar-refractivity contribution in [1.82, 2.24) is 15.4 Å². The van der Waals surface area contributed by atoms with Gasteiger partial charge in [0.2, 0.25) is 0 Å². The first kappa shape index (κ1) is 26.5. The standard InChI is InChI=1S/C30H37N3O4/c1-30(2,3)23-13-11-22(12-14-23)29(35)33(24-7-5-6-8-24)20-26-19-27(32-37-26)28(34)31-18-17-21-9-15-25(36-4)16-10-21/h9-16,19,24H,5-8,17-18,20H2,1-4H3,(H,31,34). The number of aromatic nitrogens is 1. The van der Waals surface area contributed by atoms with Gasteiger partial charge in [0.05, 0.1) is 13.7 Å². The average Bonchev–Trinajstić information content (AvgIpc) is 3.59. The molecule has 0 radical (unpaired) electrons. The van der Waals surface area contributed by atoms with E-state index in [1.54, 1.807) is 13.2 Å². The van der Waals surface area contributed by atoms with E-state index in [4.69, 9.17) is 9.26 Å². The first-order valence-electron chi connectivity index (χ1n) is 13.0. The number of nitrogens with zero attached hydrogens (tertiary/aromatic N) is 2. The smallest absolute Gasteiger partial charge is 0.273 e. The van der Waals surface area contributed by atoms with Crippen LogP contribution < -0.4 is 10.1 Å². The van der Waals surface area contributed by atoms with Gasteiger partial charge in [0, 0.05) is 24.2 Å². The van der Waals surface area contributed by atoms with Gasteiger partial charge < -0.3 is 19.5 Å². The molecule has 0 spiro atoms. The topological polar surface area (TPSA) is 84.7 Å². The van der Waals surface area contributed by atoms with Gasteiger partial charge >= 0.3 is 0 Å². The van der Waals surface area contributed by atoms with Crippen molar-refractivity contribution < 1.29 is 18.8 Å². The minimum atomic E-state index is -0.292. The molecule has 0 aliphatic heterocycles. The Morgan fingerprint density at radius 3 is 2.35 bits per heavy atom. The van der Waals surface area contributed by atoms with Gasteiger partial charge in [0.25, 0.3) is 11.8 Å². The molecule has 2 aromatic carbocycles. The van der Waals surface area contributed by atoms with Crippen LogP contribution in [-0.2, 0) is 18.4 Å². The number of ether oxygens (including phenoxy) is 1. The van der Waals surface area contributed by atoms with E-state index in [-0.39, 0.29) is 35.5 Å². The van der Waals surface area contributed by atoms with Gasteiger partial charge in [0.1, 0.15) is 5.75 Å². The lowest BCUT2D eigenvalue weighted by molar-refractivity contribution is 0.0643. The van der Waals surface area contributed by atoms with E-state index in [1.807, 2.05) is 53.4 Å². The predicted molar refractivity (Wildman–Crippen MR) is 143 cm³/mol. The molecule has 0 atom stereocenters. The van der Waals surface area contributed by atoms with Crippen LogP contribution in [0.15, 0.2) is 59.1 Å². The number of amides is 2. The molecule has 4 rings (SSSR count). The highest BCUT2D eigenvalue weighted by molar-refractivity contribution is 5.94. The fourth-order valence-electron chi connectivity index (χ4n) is 4.73. The number of benzene rings is 2. The number of carbonyl (C=O) groups excluding carboxylic acids is 2. The van der Waals surface area contributed by atoms with Gasteiger partial charge in [-0.25, -0.2) is 0 Å². The molecule has 1 aliphatic rings. The molecule has 0 bridgehead atoms. The van der Waals surface area contributed by atoms with Crippen molar-refractivity contribution in [1.29, 1.82) is 0 Å². The van der Waals surface area contributed by atoms with E-state index >= 15 is 0 Å². The zero-order valence-corrected chi connectivity index (χ0v) is 22.3. The van der Waals surface area contributed by atoms with Crippen LogP contribution in [-0.4, -0.2) is 41.6 Å². The molecule has 0 unspecified atom stereocenters. The maximum Gasteiger partial charge on any atom is 0.273 e. The summed E-state index contributed by atoms with van der Waals surface area (Å²) in [7, 11) is 1.63. The molecule has 7 heteroatoms. The number of methoxy groups -OCH3 is 1. The second-order valence-corrected chi connectivity index (χ2v) is 10.7. The summed E-state index contributed by atoms with van der Waals surface area (Å²) in [4.78, 5) is 28.0. The lowest BCUT2D eigenvalue weighted by Crippen LogP contribution is -2.38. The fourth-order valence-corrected chi connectivity index (χ4v) is 4.73. The minimum Gasteiger partial charge on any atom is -0.497 e. The quantitative estimate of drug-likeness (QED) is 0.415. The molecule has 1 saturated carbocycles. The van der Waals surface area contributed by atoms with Crippen LogP contribution in [0.3, 0.4) is 0 Å². The van der Waals surface area contributed by atoms with Crippen LogP contribution in [0.25, 0.3) is 0 Å². The fraction of sp³-hybridized carbons (Fsp3) is 0.433. The summed E-state index contributed by atoms with van der Waals surface area (Å²) in [5.74, 6) is 0.996. The lowest BCUT2D eigenvalue weighted by atomic mass is 9.86. The molecule has 0 saturated heterocycles. The van der Waals surface area contributed by atoms with E-state index in [1.165, 1.54) is 5.56 Å². The van der Waals surface area contributed by atoms with Crippen molar-refractivity contribution in [2.24, 2.45) is 0 Å². The van der Waals surface area contributed by atoms with Gasteiger partial charge in [0.15, 0.2) is 11.5 Å². The van der Waals surface area contributed by atoms with Crippen molar-refractivity contribution in [3.63, 3.8) is 0 Å². The Morgan fingerprint density at radius 1 is 1.05 bits per heavy atom. The van der Waals surface area contributed by atoms with Crippen LogP contribution in [0.4, 0.5) is 0 Å². The molecule has 1 aromatic heterocycles. The SMILES string of the molecule is COc1ccc(CCNC(=O)c2cc(CN(C(=O)c3ccc(C(C)(C)C)cc3)C3CCCC3)on2)cc1. The van der Waals surface area contributed by atoms with Crippen molar-refractivity contribution in [2.45, 2.75) is 70.9 Å². The summed E-state index contributed by atoms with van der Waals surface area (Å²) in [6.07, 6.45) is 4.85. The highest BCUT2D eigenvalue weighted by Gasteiger charge is 2.29. The Hall–Kier alpha value is -3.61. The summed E-state index contributed by atoms with van der Waals surface area (Å²) >= 11 is 0. The molecular formula is C30H37N3O4. The summed E-state index contributed by atoms with van der Waals surface area (Å²) in [6, 6.07) is 17.4. The zero-order valence-electron chi connectivity index (χ0n) is 22.3. The predicted octanol–water partition coefficient (Wildman–Crippen LogP) is 5.54. The largest absolute Gasteiger partial charge is 0.497 e. The number of rotatable bonds is 9. The third-order valence-corrected chi connectivity index (χ3v) is 7.00. The Kier molecular flexibility index (Phi) is 8.31. The van der Waals surface area contributed by atoms with E-state index < -0.39 is 0 Å². The maximum atomic E-state index is 13.5. The molecule has 1 N–H and O–H groups in total. The number of nitrogens with one attached hydrogen (secondary N) is 1. The highest BCUT2D eigenvalue weighted by atomic mass is 16.5. The summed E-state index contributed by atoms with van der Waals surface area (Å²) in [5, 5.41) is 6.86. The van der Waals surface area contributed by atoms with E-state index in [0.29, 0.717) is 24.3 Å². The van der Waals surface area contributed by atoms with Gasteiger partial charge in [-0.15, -0.1) is 0 Å². The van der Waals surface area contributed by atoms with Gasteiger partial charge in [-0.1, -0.05) is 63.0 Å². The Morgan fingerprint density at radius 2 is 1.73 bits per heavy atom. The van der Waals surface area contributed by atoms with Crippen LogP contribution in [0.1, 0.15) is 84.2 Å². The lowest BCUT2D eigenvalue weighted by Gasteiger charge is -2.28. The molecule has 2 amide bonds. The number of hydrogen-bond acceptors (Lipinski definition) is 5. The zero-order chi connectivity index (χ0) is 26.4. The highest BCUT2D eigenvalue weighted by Crippen LogP contribution is 2.28. The van der Waals surface area contributed by atoms with Gasteiger partial charge in [-0.3, -0.25) is 9.59 Å². The van der Waals surface area contributed by atoms with Gasteiger partial charge in [-0.05, 0) is 60.1 Å². The minimum absolute atomic E-state index is 0.0192. The number of hydrogen-bond donors (Lipinski definition) is 1. The second kappa shape index (κ2) is 11.6. The van der Waals surface area contributed by atoms with Gasteiger partial charge in [-0.2, -0.15) is 0 Å².